The Morgan fingerprint density at radius 3 is 3.03 bits per heavy atom. The van der Waals surface area contributed by atoms with Crippen LogP contribution in [-0.2, 0) is 11.3 Å². The van der Waals surface area contributed by atoms with Crippen LogP contribution in [0.25, 0.3) is 10.9 Å². The first kappa shape index (κ1) is 22.0. The topological polar surface area (TPSA) is 80.4 Å². The molecule has 34 heavy (non-hydrogen) atoms. The van der Waals surface area contributed by atoms with Crippen molar-refractivity contribution in [1.29, 1.82) is 0 Å². The number of ether oxygens (including phenoxy) is 2. The summed E-state index contributed by atoms with van der Waals surface area (Å²) >= 11 is 6.59. The summed E-state index contributed by atoms with van der Waals surface area (Å²) < 4.78 is 12.9. The molecule has 3 heterocycles. The van der Waals surface area contributed by atoms with Gasteiger partial charge >= 0.3 is 5.97 Å². The normalized spacial score (nSPS) is 15.1. The average molecular weight is 478 g/mol. The molecule has 9 heteroatoms. The van der Waals surface area contributed by atoms with Gasteiger partial charge in [0.1, 0.15) is 18.0 Å². The lowest BCUT2D eigenvalue weighted by atomic mass is 10.1. The van der Waals surface area contributed by atoms with Crippen LogP contribution < -0.4 is 15.0 Å². The highest BCUT2D eigenvalue weighted by atomic mass is 35.5. The van der Waals surface area contributed by atoms with Gasteiger partial charge in [-0.1, -0.05) is 23.7 Å². The highest BCUT2D eigenvalue weighted by Crippen LogP contribution is 2.41. The summed E-state index contributed by atoms with van der Waals surface area (Å²) in [5, 5.41) is 4.84. The molecule has 174 valence electrons. The molecule has 2 aliphatic heterocycles. The van der Waals surface area contributed by atoms with Gasteiger partial charge in [0, 0.05) is 31.7 Å². The fourth-order valence-electron chi connectivity index (χ4n) is 4.26. The van der Waals surface area contributed by atoms with Crippen molar-refractivity contribution in [2.75, 3.05) is 38.8 Å². The number of esters is 1. The van der Waals surface area contributed by atoms with Gasteiger partial charge < -0.3 is 24.3 Å². The first-order chi connectivity index (χ1) is 16.5. The number of anilines is 1. The Kier molecular flexibility index (Phi) is 5.98. The number of aromatic nitrogens is 1. The number of para-hydroxylation sites is 1. The van der Waals surface area contributed by atoms with Crippen molar-refractivity contribution in [3.8, 4) is 5.75 Å². The molecule has 1 N–H and O–H groups in total. The monoisotopic (exact) mass is 477 g/mol. The lowest BCUT2D eigenvalue weighted by Gasteiger charge is -2.29. The molecule has 5 rings (SSSR count). The summed E-state index contributed by atoms with van der Waals surface area (Å²) in [6.07, 6.45) is 5.35. The van der Waals surface area contributed by atoms with Gasteiger partial charge in [0.2, 0.25) is 0 Å². The molecule has 2 aromatic carbocycles. The smallest absolute Gasteiger partial charge is 0.338 e. The largest absolute Gasteiger partial charge is 0.489 e. The summed E-state index contributed by atoms with van der Waals surface area (Å²) in [5.41, 5.74) is 4.80. The maximum atomic E-state index is 12.3. The number of rotatable bonds is 5. The Hall–Kier alpha value is -3.78. The van der Waals surface area contributed by atoms with Gasteiger partial charge in [0.15, 0.2) is 0 Å². The van der Waals surface area contributed by atoms with E-state index in [4.69, 9.17) is 26.1 Å². The number of benzene rings is 2. The summed E-state index contributed by atoms with van der Waals surface area (Å²) in [4.78, 5) is 23.4. The fourth-order valence-corrected chi connectivity index (χ4v) is 4.54. The maximum Gasteiger partial charge on any atom is 0.338 e. The molecule has 0 atom stereocenters. The standard InChI is InChI=1S/C25H24ClN5O3/c1-30-6-7-34-22-10-18(25(32)33-2)9-21(24(22)30)29-13-19-8-17-4-3-5-20(26)23(17)31(19)14-16-11-27-15-28-12-16/h3-5,8-11,13,15H,6-7,12,14H2,1-2H3,(H,27,28)/b29-13+. The predicted molar refractivity (Wildman–Crippen MR) is 135 cm³/mol. The van der Waals surface area contributed by atoms with Gasteiger partial charge in [-0.2, -0.15) is 0 Å². The quantitative estimate of drug-likeness (QED) is 0.440. The van der Waals surface area contributed by atoms with Crippen LogP contribution >= 0.6 is 11.6 Å². The summed E-state index contributed by atoms with van der Waals surface area (Å²) in [7, 11) is 3.34. The van der Waals surface area contributed by atoms with Crippen molar-refractivity contribution in [2.24, 2.45) is 9.98 Å². The van der Waals surface area contributed by atoms with Gasteiger partial charge in [0.05, 0.1) is 53.7 Å². The third-order valence-electron chi connectivity index (χ3n) is 5.89. The zero-order valence-electron chi connectivity index (χ0n) is 18.9. The Bertz CT molecular complexity index is 1360. The van der Waals surface area contributed by atoms with E-state index in [1.807, 2.05) is 31.4 Å². The second kappa shape index (κ2) is 9.23. The molecule has 0 bridgehead atoms. The van der Waals surface area contributed by atoms with Crippen molar-refractivity contribution in [3.05, 3.63) is 64.5 Å². The van der Waals surface area contributed by atoms with Crippen molar-refractivity contribution < 1.29 is 14.3 Å². The van der Waals surface area contributed by atoms with Crippen LogP contribution in [0.5, 0.6) is 5.75 Å². The van der Waals surface area contributed by atoms with Crippen LogP contribution in [0.4, 0.5) is 11.4 Å². The lowest BCUT2D eigenvalue weighted by molar-refractivity contribution is 0.0600. The van der Waals surface area contributed by atoms with E-state index in [-0.39, 0.29) is 0 Å². The minimum atomic E-state index is -0.436. The highest BCUT2D eigenvalue weighted by Gasteiger charge is 2.22. The van der Waals surface area contributed by atoms with E-state index in [1.165, 1.54) is 7.11 Å². The Morgan fingerprint density at radius 2 is 2.24 bits per heavy atom. The van der Waals surface area contributed by atoms with Crippen molar-refractivity contribution in [3.63, 3.8) is 0 Å². The Labute approximate surface area is 202 Å². The number of aliphatic imine (C=N–C) groups is 2. The van der Waals surface area contributed by atoms with Gasteiger partial charge in [-0.15, -0.1) is 0 Å². The van der Waals surface area contributed by atoms with Crippen molar-refractivity contribution in [2.45, 2.75) is 6.54 Å². The fraction of sp³-hybridized carbons (Fsp3) is 0.240. The Morgan fingerprint density at radius 1 is 1.35 bits per heavy atom. The third-order valence-corrected chi connectivity index (χ3v) is 6.20. The number of carbonyl (C=O) groups is 1. The Balaban J connectivity index is 1.61. The molecule has 0 spiro atoms. The SMILES string of the molecule is COC(=O)c1cc(/N=C/c2cc3cccc(Cl)c3n2CC2=CN=CNC2)c2c(c1)OCCN2C. The number of methoxy groups -OCH3 is 1. The van der Waals surface area contributed by atoms with Crippen LogP contribution in [0, 0.1) is 0 Å². The maximum absolute atomic E-state index is 12.3. The van der Waals surface area contributed by atoms with E-state index in [1.54, 1.807) is 24.7 Å². The predicted octanol–water partition coefficient (Wildman–Crippen LogP) is 4.18. The lowest BCUT2D eigenvalue weighted by Crippen LogP contribution is -2.29. The van der Waals surface area contributed by atoms with Crippen LogP contribution in [0.3, 0.4) is 0 Å². The van der Waals surface area contributed by atoms with Gasteiger partial charge in [-0.25, -0.2) is 9.79 Å². The molecule has 1 aromatic heterocycles. The first-order valence-electron chi connectivity index (χ1n) is 10.9. The number of fused-ring (bicyclic) bond motifs is 2. The van der Waals surface area contributed by atoms with Crippen LogP contribution in [0.2, 0.25) is 5.02 Å². The molecule has 0 saturated heterocycles. The van der Waals surface area contributed by atoms with Crippen LogP contribution in [0.15, 0.2) is 58.2 Å². The number of halogens is 1. The van der Waals surface area contributed by atoms with E-state index < -0.39 is 5.97 Å². The van der Waals surface area contributed by atoms with Gasteiger partial charge in [-0.05, 0) is 29.8 Å². The molecular weight excluding hydrogens is 454 g/mol. The number of hydrogen-bond donors (Lipinski definition) is 1. The zero-order valence-corrected chi connectivity index (χ0v) is 19.7. The number of likely N-dealkylation sites (N-methyl/N-ethyl adjacent to an activating group) is 1. The molecule has 0 unspecified atom stereocenters. The molecule has 3 aromatic rings. The van der Waals surface area contributed by atoms with E-state index in [0.717, 1.165) is 34.4 Å². The van der Waals surface area contributed by atoms with E-state index >= 15 is 0 Å². The van der Waals surface area contributed by atoms with Crippen LogP contribution in [-0.4, -0.2) is 56.9 Å². The number of nitrogens with one attached hydrogen (secondary N) is 1. The van der Waals surface area contributed by atoms with Crippen LogP contribution in [0.1, 0.15) is 16.1 Å². The van der Waals surface area contributed by atoms with Crippen molar-refractivity contribution >= 4 is 52.4 Å². The second-order valence-corrected chi connectivity index (χ2v) is 8.55. The second-order valence-electron chi connectivity index (χ2n) is 8.14. The van der Waals surface area contributed by atoms with E-state index in [9.17, 15) is 4.79 Å². The number of carbonyl (C=O) groups excluding carboxylic acids is 1. The third kappa shape index (κ3) is 4.12. The minimum Gasteiger partial charge on any atom is -0.489 e. The van der Waals surface area contributed by atoms with E-state index in [2.05, 4.69) is 25.8 Å². The highest BCUT2D eigenvalue weighted by molar-refractivity contribution is 6.35. The zero-order chi connectivity index (χ0) is 23.7. The molecule has 8 nitrogen and oxygen atoms in total. The van der Waals surface area contributed by atoms with Gasteiger partial charge in [-0.3, -0.25) is 4.99 Å². The first-order valence-corrected chi connectivity index (χ1v) is 11.3. The van der Waals surface area contributed by atoms with Gasteiger partial charge in [0.25, 0.3) is 0 Å². The molecule has 0 saturated carbocycles. The molecule has 2 aliphatic rings. The molecule has 0 radical (unpaired) electrons. The molecule has 0 fully saturated rings. The molecule has 0 amide bonds. The summed E-state index contributed by atoms with van der Waals surface area (Å²) in [6.45, 7) is 2.59. The molecule has 0 aliphatic carbocycles. The molecular formula is C25H24ClN5O3. The number of nitrogens with zero attached hydrogens (tertiary/aromatic N) is 4. The minimum absolute atomic E-state index is 0.392. The van der Waals surface area contributed by atoms with Crippen molar-refractivity contribution in [1.82, 2.24) is 9.88 Å². The number of hydrogen-bond acceptors (Lipinski definition) is 7. The average Bonchev–Trinajstić information content (AvgIpc) is 3.21. The summed E-state index contributed by atoms with van der Waals surface area (Å²) in [5.74, 6) is 0.179. The van der Waals surface area contributed by atoms with E-state index in [0.29, 0.717) is 41.7 Å². The summed E-state index contributed by atoms with van der Waals surface area (Å²) in [6, 6.07) is 11.3.